The lowest BCUT2D eigenvalue weighted by Crippen LogP contribution is -2.13. The van der Waals surface area contributed by atoms with Gasteiger partial charge in [-0.2, -0.15) is 0 Å². The largest absolute Gasteiger partial charge is 0.347 e. The number of para-hydroxylation sites is 1. The first kappa shape index (κ1) is 14.1. The molecular weight excluding hydrogens is 232 g/mol. The molecule has 2 aromatic rings. The number of aryl methyl sites for hydroxylation is 1. The molecular formula is C17H26N2. The van der Waals surface area contributed by atoms with E-state index in [4.69, 9.17) is 0 Å². The third-order valence-corrected chi connectivity index (χ3v) is 3.62. The van der Waals surface area contributed by atoms with Gasteiger partial charge in [0, 0.05) is 19.3 Å². The quantitative estimate of drug-likeness (QED) is 0.788. The van der Waals surface area contributed by atoms with E-state index in [0.29, 0.717) is 0 Å². The molecule has 1 N–H and O–H groups in total. The lowest BCUT2D eigenvalue weighted by atomic mass is 10.1. The molecule has 0 amide bonds. The van der Waals surface area contributed by atoms with Crippen LogP contribution in [0.1, 0.15) is 39.2 Å². The fourth-order valence-corrected chi connectivity index (χ4v) is 2.60. The van der Waals surface area contributed by atoms with Gasteiger partial charge in [0.2, 0.25) is 0 Å². The van der Waals surface area contributed by atoms with Crippen molar-refractivity contribution in [2.24, 2.45) is 5.92 Å². The van der Waals surface area contributed by atoms with Crippen LogP contribution in [0.4, 0.5) is 0 Å². The number of benzene rings is 1. The molecule has 2 nitrogen and oxygen atoms in total. The Hall–Kier alpha value is -1.28. The van der Waals surface area contributed by atoms with Crippen LogP contribution in [-0.2, 0) is 13.1 Å². The maximum atomic E-state index is 3.43. The number of nitrogens with one attached hydrogen (secondary N) is 1. The van der Waals surface area contributed by atoms with Crippen molar-refractivity contribution >= 4 is 10.9 Å². The van der Waals surface area contributed by atoms with Crippen LogP contribution in [0.3, 0.4) is 0 Å². The summed E-state index contributed by atoms with van der Waals surface area (Å²) in [6.45, 7) is 9.86. The van der Waals surface area contributed by atoms with Gasteiger partial charge in [0.05, 0.1) is 5.52 Å². The molecule has 2 heteroatoms. The highest BCUT2D eigenvalue weighted by Gasteiger charge is 2.06. The van der Waals surface area contributed by atoms with Crippen molar-refractivity contribution in [3.8, 4) is 0 Å². The molecule has 0 aliphatic rings. The molecule has 0 radical (unpaired) electrons. The van der Waals surface area contributed by atoms with Crippen molar-refractivity contribution < 1.29 is 0 Å². The first-order valence-corrected chi connectivity index (χ1v) is 7.49. The van der Waals surface area contributed by atoms with Crippen LogP contribution >= 0.6 is 0 Å². The average molecular weight is 258 g/mol. The topological polar surface area (TPSA) is 17.0 Å². The summed E-state index contributed by atoms with van der Waals surface area (Å²) >= 11 is 0. The molecule has 0 saturated heterocycles. The molecule has 1 heterocycles. The monoisotopic (exact) mass is 258 g/mol. The maximum absolute atomic E-state index is 3.43. The second-order valence-corrected chi connectivity index (χ2v) is 5.68. The van der Waals surface area contributed by atoms with E-state index in [0.717, 1.165) is 25.6 Å². The summed E-state index contributed by atoms with van der Waals surface area (Å²) in [5, 5.41) is 4.80. The molecule has 104 valence electrons. The van der Waals surface area contributed by atoms with Crippen molar-refractivity contribution in [1.82, 2.24) is 9.88 Å². The van der Waals surface area contributed by atoms with Gasteiger partial charge in [-0.1, -0.05) is 39.0 Å². The zero-order valence-electron chi connectivity index (χ0n) is 12.4. The Morgan fingerprint density at radius 1 is 1.21 bits per heavy atom. The Morgan fingerprint density at radius 3 is 2.79 bits per heavy atom. The van der Waals surface area contributed by atoms with Gasteiger partial charge in [-0.25, -0.2) is 0 Å². The molecule has 0 bridgehead atoms. The minimum Gasteiger partial charge on any atom is -0.347 e. The zero-order valence-corrected chi connectivity index (χ0v) is 12.4. The van der Waals surface area contributed by atoms with Crippen LogP contribution in [0.15, 0.2) is 30.5 Å². The number of fused-ring (bicyclic) bond motifs is 1. The predicted molar refractivity (Wildman–Crippen MR) is 83.4 cm³/mol. The van der Waals surface area contributed by atoms with E-state index < -0.39 is 0 Å². The first-order chi connectivity index (χ1) is 9.22. The van der Waals surface area contributed by atoms with Gasteiger partial charge >= 0.3 is 0 Å². The minimum atomic E-state index is 0.794. The molecule has 0 unspecified atom stereocenters. The van der Waals surface area contributed by atoms with E-state index in [9.17, 15) is 0 Å². The standard InChI is InChI=1S/C17H26N2/c1-4-18-13-16-9-5-8-15-10-12-19(17(15)16)11-6-7-14(2)3/h5,8-10,12,14,18H,4,6-7,11,13H2,1-3H3. The van der Waals surface area contributed by atoms with Gasteiger partial charge < -0.3 is 9.88 Å². The Labute approximate surface area is 116 Å². The van der Waals surface area contributed by atoms with E-state index >= 15 is 0 Å². The first-order valence-electron chi connectivity index (χ1n) is 7.49. The summed E-state index contributed by atoms with van der Waals surface area (Å²) in [5.41, 5.74) is 2.82. The number of hydrogen-bond donors (Lipinski definition) is 1. The Balaban J connectivity index is 2.18. The van der Waals surface area contributed by atoms with E-state index in [1.165, 1.54) is 29.3 Å². The van der Waals surface area contributed by atoms with E-state index in [1.807, 2.05) is 0 Å². The van der Waals surface area contributed by atoms with Gasteiger partial charge in [-0.3, -0.25) is 0 Å². The Morgan fingerprint density at radius 2 is 2.05 bits per heavy atom. The molecule has 1 aromatic carbocycles. The molecule has 2 rings (SSSR count). The van der Waals surface area contributed by atoms with Gasteiger partial charge in [-0.15, -0.1) is 0 Å². The normalized spacial score (nSPS) is 11.6. The van der Waals surface area contributed by atoms with Crippen LogP contribution in [0, 0.1) is 5.92 Å². The fraction of sp³-hybridized carbons (Fsp3) is 0.529. The van der Waals surface area contributed by atoms with Crippen LogP contribution in [0.5, 0.6) is 0 Å². The number of nitrogens with zero attached hydrogens (tertiary/aromatic N) is 1. The van der Waals surface area contributed by atoms with Crippen molar-refractivity contribution in [3.63, 3.8) is 0 Å². The summed E-state index contributed by atoms with van der Waals surface area (Å²) in [6.07, 6.45) is 4.80. The van der Waals surface area contributed by atoms with Crippen LogP contribution in [0.2, 0.25) is 0 Å². The molecule has 19 heavy (non-hydrogen) atoms. The third kappa shape index (κ3) is 3.60. The van der Waals surface area contributed by atoms with Crippen molar-refractivity contribution in [2.75, 3.05) is 6.54 Å². The molecule has 0 aliphatic heterocycles. The number of aromatic nitrogens is 1. The SMILES string of the molecule is CCNCc1cccc2ccn(CCCC(C)C)c12. The van der Waals surface area contributed by atoms with Crippen molar-refractivity contribution in [3.05, 3.63) is 36.0 Å². The highest BCUT2D eigenvalue weighted by Crippen LogP contribution is 2.21. The highest BCUT2D eigenvalue weighted by atomic mass is 15.0. The zero-order chi connectivity index (χ0) is 13.7. The third-order valence-electron chi connectivity index (χ3n) is 3.62. The van der Waals surface area contributed by atoms with E-state index in [2.05, 4.69) is 61.1 Å². The lowest BCUT2D eigenvalue weighted by Gasteiger charge is -2.11. The smallest absolute Gasteiger partial charge is 0.0525 e. The van der Waals surface area contributed by atoms with Crippen LogP contribution in [-0.4, -0.2) is 11.1 Å². The summed E-state index contributed by atoms with van der Waals surface area (Å²) in [4.78, 5) is 0. The number of rotatable bonds is 7. The lowest BCUT2D eigenvalue weighted by molar-refractivity contribution is 0.517. The minimum absolute atomic E-state index is 0.794. The van der Waals surface area contributed by atoms with Gasteiger partial charge in [0.1, 0.15) is 0 Å². The van der Waals surface area contributed by atoms with E-state index in [1.54, 1.807) is 0 Å². The average Bonchev–Trinajstić information content (AvgIpc) is 2.80. The molecule has 0 atom stereocenters. The molecule has 0 spiro atoms. The second-order valence-electron chi connectivity index (χ2n) is 5.68. The maximum Gasteiger partial charge on any atom is 0.0525 e. The predicted octanol–water partition coefficient (Wildman–Crippen LogP) is 4.19. The molecule has 1 aromatic heterocycles. The fourth-order valence-electron chi connectivity index (χ4n) is 2.60. The Kier molecular flexibility index (Phi) is 5.03. The van der Waals surface area contributed by atoms with Crippen LogP contribution < -0.4 is 5.32 Å². The summed E-state index contributed by atoms with van der Waals surface area (Å²) < 4.78 is 2.42. The van der Waals surface area contributed by atoms with Gasteiger partial charge in [-0.05, 0) is 42.3 Å². The second kappa shape index (κ2) is 6.76. The highest BCUT2D eigenvalue weighted by molar-refractivity contribution is 5.83. The van der Waals surface area contributed by atoms with Crippen LogP contribution in [0.25, 0.3) is 10.9 Å². The van der Waals surface area contributed by atoms with Crippen molar-refractivity contribution in [2.45, 2.75) is 46.7 Å². The van der Waals surface area contributed by atoms with Gasteiger partial charge in [0.15, 0.2) is 0 Å². The molecule has 0 aliphatic carbocycles. The van der Waals surface area contributed by atoms with Gasteiger partial charge in [0.25, 0.3) is 0 Å². The van der Waals surface area contributed by atoms with E-state index in [-0.39, 0.29) is 0 Å². The number of hydrogen-bond acceptors (Lipinski definition) is 1. The summed E-state index contributed by atoms with van der Waals surface area (Å²) in [7, 11) is 0. The molecule has 0 fully saturated rings. The molecule has 0 saturated carbocycles. The summed E-state index contributed by atoms with van der Waals surface area (Å²) in [5.74, 6) is 0.794. The summed E-state index contributed by atoms with van der Waals surface area (Å²) in [6, 6.07) is 8.85. The van der Waals surface area contributed by atoms with Crippen molar-refractivity contribution in [1.29, 1.82) is 0 Å². The Bertz CT molecular complexity index is 511.